The molecule has 2 heterocycles. The van der Waals surface area contributed by atoms with Crippen LogP contribution in [-0.4, -0.2) is 14.3 Å². The second-order valence-electron chi connectivity index (χ2n) is 7.71. The summed E-state index contributed by atoms with van der Waals surface area (Å²) in [6.07, 6.45) is -9.42. The Hall–Kier alpha value is -3.56. The Morgan fingerprint density at radius 2 is 1.55 bits per heavy atom. The Labute approximate surface area is 183 Å². The average molecular weight is 465 g/mol. The third kappa shape index (κ3) is 4.24. The van der Waals surface area contributed by atoms with Gasteiger partial charge in [-0.2, -0.15) is 31.4 Å². The number of pyridine rings is 1. The Bertz CT molecular complexity index is 1400. The molecule has 2 aromatic heterocycles. The lowest BCUT2D eigenvalue weighted by Gasteiger charge is -2.16. The molecule has 4 nitrogen and oxygen atoms in total. The highest BCUT2D eigenvalue weighted by atomic mass is 19.4. The Balaban J connectivity index is 2.01. The third-order valence-electron chi connectivity index (χ3n) is 5.27. The van der Waals surface area contributed by atoms with Crippen molar-refractivity contribution >= 4 is 11.0 Å². The smallest absolute Gasteiger partial charge is 0.288 e. The van der Waals surface area contributed by atoms with Crippen molar-refractivity contribution in [2.75, 3.05) is 0 Å². The summed E-state index contributed by atoms with van der Waals surface area (Å²) < 4.78 is 83.0. The largest absolute Gasteiger partial charge is 0.417 e. The van der Waals surface area contributed by atoms with E-state index < -0.39 is 29.0 Å². The predicted octanol–water partition coefficient (Wildman–Crippen LogP) is 5.89. The van der Waals surface area contributed by atoms with Crippen LogP contribution in [-0.2, 0) is 18.9 Å². The molecule has 0 fully saturated rings. The molecule has 0 aliphatic carbocycles. The first kappa shape index (κ1) is 22.6. The molecular formula is C23H17F6N3O. The molecule has 172 valence electrons. The molecule has 0 N–H and O–H groups in total. The number of hydrogen-bond donors (Lipinski definition) is 0. The molecule has 10 heteroatoms. The number of fused-ring (bicyclic) bond motifs is 1. The summed E-state index contributed by atoms with van der Waals surface area (Å²) in [5.41, 5.74) is -1.73. The van der Waals surface area contributed by atoms with Crippen molar-refractivity contribution in [2.24, 2.45) is 0 Å². The standard InChI is InChI=1S/C23H17F6N3O/c1-13-6-8-17(9-7-13)32-21-20(14(2)30-32)18(23(27,28)29)11-19(33)31(21)12-15-4-3-5-16(10-15)22(24,25)26/h3-11H,12H2,1-2H3. The quantitative estimate of drug-likeness (QED) is 0.354. The van der Waals surface area contributed by atoms with E-state index in [1.165, 1.54) is 23.7 Å². The summed E-state index contributed by atoms with van der Waals surface area (Å²) in [6.45, 7) is 2.86. The van der Waals surface area contributed by atoms with Crippen molar-refractivity contribution < 1.29 is 26.3 Å². The van der Waals surface area contributed by atoms with Gasteiger partial charge in [-0.1, -0.05) is 29.8 Å². The van der Waals surface area contributed by atoms with E-state index in [-0.39, 0.29) is 28.8 Å². The zero-order valence-corrected chi connectivity index (χ0v) is 17.4. The molecule has 0 saturated heterocycles. The normalized spacial score (nSPS) is 12.5. The minimum Gasteiger partial charge on any atom is -0.288 e. The fraction of sp³-hybridized carbons (Fsp3) is 0.217. The molecule has 0 amide bonds. The first-order valence-corrected chi connectivity index (χ1v) is 9.80. The van der Waals surface area contributed by atoms with E-state index in [2.05, 4.69) is 5.10 Å². The molecule has 4 rings (SSSR count). The lowest BCUT2D eigenvalue weighted by atomic mass is 10.1. The van der Waals surface area contributed by atoms with Crippen LogP contribution in [0.5, 0.6) is 0 Å². The van der Waals surface area contributed by atoms with Gasteiger partial charge in [0, 0.05) is 6.07 Å². The molecule has 0 bridgehead atoms. The molecule has 4 aromatic rings. The maximum Gasteiger partial charge on any atom is 0.417 e. The molecule has 0 atom stereocenters. The van der Waals surface area contributed by atoms with Crippen LogP contribution in [0.3, 0.4) is 0 Å². The molecule has 0 unspecified atom stereocenters. The SMILES string of the molecule is Cc1ccc(-n2nc(C)c3c(C(F)(F)F)cc(=O)n(Cc4cccc(C(F)(F)F)c4)c32)cc1. The Morgan fingerprint density at radius 3 is 2.15 bits per heavy atom. The van der Waals surface area contributed by atoms with E-state index in [0.29, 0.717) is 11.8 Å². The van der Waals surface area contributed by atoms with Gasteiger partial charge in [0.2, 0.25) is 0 Å². The molecule has 33 heavy (non-hydrogen) atoms. The van der Waals surface area contributed by atoms with Crippen molar-refractivity contribution in [3.63, 3.8) is 0 Å². The molecule has 0 aliphatic rings. The number of nitrogens with zero attached hydrogens (tertiary/aromatic N) is 3. The fourth-order valence-corrected chi connectivity index (χ4v) is 3.73. The van der Waals surface area contributed by atoms with Gasteiger partial charge in [0.15, 0.2) is 0 Å². The van der Waals surface area contributed by atoms with Crippen molar-refractivity contribution in [1.82, 2.24) is 14.3 Å². The van der Waals surface area contributed by atoms with Crippen molar-refractivity contribution in [3.8, 4) is 5.69 Å². The van der Waals surface area contributed by atoms with E-state index in [1.807, 2.05) is 6.92 Å². The highest BCUT2D eigenvalue weighted by Crippen LogP contribution is 2.36. The molecule has 0 saturated carbocycles. The summed E-state index contributed by atoms with van der Waals surface area (Å²) in [5, 5.41) is 3.96. The van der Waals surface area contributed by atoms with Crippen LogP contribution < -0.4 is 5.56 Å². The van der Waals surface area contributed by atoms with Gasteiger partial charge in [-0.3, -0.25) is 9.36 Å². The summed E-state index contributed by atoms with van der Waals surface area (Å²) in [4.78, 5) is 12.8. The Kier molecular flexibility index (Phi) is 5.34. The van der Waals surface area contributed by atoms with Gasteiger partial charge in [-0.05, 0) is 43.7 Å². The molecule has 2 aromatic carbocycles. The van der Waals surface area contributed by atoms with E-state index in [1.54, 1.807) is 24.3 Å². The number of halogens is 6. The first-order chi connectivity index (χ1) is 15.4. The predicted molar refractivity (Wildman–Crippen MR) is 110 cm³/mol. The van der Waals surface area contributed by atoms with E-state index in [0.717, 1.165) is 22.3 Å². The fourth-order valence-electron chi connectivity index (χ4n) is 3.73. The van der Waals surface area contributed by atoms with Crippen LogP contribution >= 0.6 is 0 Å². The van der Waals surface area contributed by atoms with Crippen molar-refractivity contribution in [2.45, 2.75) is 32.7 Å². The summed E-state index contributed by atoms with van der Waals surface area (Å²) in [6, 6.07) is 11.5. The van der Waals surface area contributed by atoms with Gasteiger partial charge < -0.3 is 0 Å². The van der Waals surface area contributed by atoms with Gasteiger partial charge >= 0.3 is 12.4 Å². The topological polar surface area (TPSA) is 39.8 Å². The summed E-state index contributed by atoms with van der Waals surface area (Å²) in [7, 11) is 0. The van der Waals surface area contributed by atoms with Crippen LogP contribution in [0.15, 0.2) is 59.4 Å². The van der Waals surface area contributed by atoms with Gasteiger partial charge in [-0.25, -0.2) is 4.68 Å². The van der Waals surface area contributed by atoms with Crippen LogP contribution in [0.4, 0.5) is 26.3 Å². The van der Waals surface area contributed by atoms with Gasteiger partial charge in [-0.15, -0.1) is 0 Å². The number of benzene rings is 2. The minimum absolute atomic E-state index is 0.0377. The lowest BCUT2D eigenvalue weighted by Crippen LogP contribution is -2.25. The molecule has 0 aliphatic heterocycles. The van der Waals surface area contributed by atoms with Gasteiger partial charge in [0.25, 0.3) is 5.56 Å². The summed E-state index contributed by atoms with van der Waals surface area (Å²) >= 11 is 0. The number of hydrogen-bond acceptors (Lipinski definition) is 2. The lowest BCUT2D eigenvalue weighted by molar-refractivity contribution is -0.138. The number of alkyl halides is 6. The zero-order chi connectivity index (χ0) is 24.1. The van der Waals surface area contributed by atoms with Crippen LogP contribution in [0.2, 0.25) is 0 Å². The highest BCUT2D eigenvalue weighted by molar-refractivity contribution is 5.84. The van der Waals surface area contributed by atoms with Crippen LogP contribution in [0, 0.1) is 13.8 Å². The van der Waals surface area contributed by atoms with E-state index >= 15 is 0 Å². The minimum atomic E-state index is -4.82. The second-order valence-corrected chi connectivity index (χ2v) is 7.71. The first-order valence-electron chi connectivity index (χ1n) is 9.80. The van der Waals surface area contributed by atoms with Gasteiger partial charge in [0.1, 0.15) is 5.65 Å². The maximum absolute atomic E-state index is 13.8. The molecule has 0 radical (unpaired) electrons. The molecular weight excluding hydrogens is 448 g/mol. The van der Waals surface area contributed by atoms with Crippen LogP contribution in [0.1, 0.15) is 27.9 Å². The zero-order valence-electron chi connectivity index (χ0n) is 17.4. The van der Waals surface area contributed by atoms with Crippen LogP contribution in [0.25, 0.3) is 16.7 Å². The number of rotatable bonds is 3. The number of aromatic nitrogens is 3. The number of aryl methyl sites for hydroxylation is 2. The van der Waals surface area contributed by atoms with Gasteiger partial charge in [0.05, 0.1) is 34.4 Å². The molecule has 0 spiro atoms. The second kappa shape index (κ2) is 7.79. The van der Waals surface area contributed by atoms with E-state index in [4.69, 9.17) is 0 Å². The maximum atomic E-state index is 13.8. The van der Waals surface area contributed by atoms with Crippen molar-refractivity contribution in [1.29, 1.82) is 0 Å². The highest BCUT2D eigenvalue weighted by Gasteiger charge is 2.36. The monoisotopic (exact) mass is 465 g/mol. The third-order valence-corrected chi connectivity index (χ3v) is 5.27. The van der Waals surface area contributed by atoms with Crippen molar-refractivity contribution in [3.05, 3.63) is 92.9 Å². The Morgan fingerprint density at radius 1 is 0.879 bits per heavy atom. The summed E-state index contributed by atoms with van der Waals surface area (Å²) in [5.74, 6) is 0. The average Bonchev–Trinajstić information content (AvgIpc) is 3.06. The van der Waals surface area contributed by atoms with E-state index in [9.17, 15) is 31.1 Å².